The van der Waals surface area contributed by atoms with E-state index in [-0.39, 0.29) is 18.1 Å². The van der Waals surface area contributed by atoms with Crippen molar-refractivity contribution >= 4 is 5.91 Å². The Kier molecular flexibility index (Phi) is 2.03. The Morgan fingerprint density at radius 2 is 2.50 bits per heavy atom. The van der Waals surface area contributed by atoms with Gasteiger partial charge in [0.15, 0.2) is 0 Å². The third kappa shape index (κ3) is 1.50. The minimum Gasteiger partial charge on any atom is -0.394 e. The van der Waals surface area contributed by atoms with Gasteiger partial charge in [0.05, 0.1) is 23.9 Å². The number of amides is 1. The second-order valence-corrected chi connectivity index (χ2v) is 3.80. The molecular weight excluding hydrogens is 182 g/mol. The van der Waals surface area contributed by atoms with Crippen molar-refractivity contribution < 1.29 is 9.90 Å². The van der Waals surface area contributed by atoms with Gasteiger partial charge in [0.25, 0.3) is 5.91 Å². The van der Waals surface area contributed by atoms with Crippen molar-refractivity contribution in [2.45, 2.75) is 25.3 Å². The van der Waals surface area contributed by atoms with Gasteiger partial charge in [-0.05, 0) is 19.8 Å². The minimum absolute atomic E-state index is 0.00956. The van der Waals surface area contributed by atoms with E-state index in [4.69, 9.17) is 5.11 Å². The molecule has 0 atom stereocenters. The van der Waals surface area contributed by atoms with Crippen LogP contribution in [0.2, 0.25) is 0 Å². The van der Waals surface area contributed by atoms with Gasteiger partial charge in [0.2, 0.25) is 0 Å². The first kappa shape index (κ1) is 9.21. The lowest BCUT2D eigenvalue weighted by atomic mass is 10.2. The highest BCUT2D eigenvalue weighted by Gasteiger charge is 2.43. The summed E-state index contributed by atoms with van der Waals surface area (Å²) in [7, 11) is 0. The molecule has 3 N–H and O–H groups in total. The number of aromatic amines is 1. The van der Waals surface area contributed by atoms with Crippen LogP contribution in [0.1, 0.15) is 28.9 Å². The predicted molar refractivity (Wildman–Crippen MR) is 49.8 cm³/mol. The number of carbonyl (C=O) groups excluding carboxylic acids is 1. The molecule has 2 rings (SSSR count). The number of aliphatic hydroxyl groups is 1. The maximum atomic E-state index is 11.7. The van der Waals surface area contributed by atoms with E-state index in [1.165, 1.54) is 6.20 Å². The number of aromatic nitrogens is 2. The summed E-state index contributed by atoms with van der Waals surface area (Å²) in [6.45, 7) is 1.80. The van der Waals surface area contributed by atoms with Crippen LogP contribution in [0, 0.1) is 6.92 Å². The molecule has 14 heavy (non-hydrogen) atoms. The van der Waals surface area contributed by atoms with Crippen LogP contribution in [0.4, 0.5) is 0 Å². The number of hydrogen-bond donors (Lipinski definition) is 3. The highest BCUT2D eigenvalue weighted by Crippen LogP contribution is 2.34. The number of aryl methyl sites for hydroxylation is 1. The minimum atomic E-state index is -0.360. The maximum absolute atomic E-state index is 11.7. The molecule has 1 amide bonds. The molecule has 0 radical (unpaired) electrons. The van der Waals surface area contributed by atoms with Crippen LogP contribution in [0.25, 0.3) is 0 Å². The smallest absolute Gasteiger partial charge is 0.255 e. The first-order valence-corrected chi connectivity index (χ1v) is 4.60. The molecule has 1 aromatic rings. The quantitative estimate of drug-likeness (QED) is 0.634. The third-order valence-electron chi connectivity index (χ3n) is 2.61. The van der Waals surface area contributed by atoms with E-state index in [1.54, 1.807) is 6.92 Å². The molecule has 1 saturated carbocycles. The van der Waals surface area contributed by atoms with Crippen molar-refractivity contribution in [3.8, 4) is 0 Å². The number of H-pyrrole nitrogens is 1. The lowest BCUT2D eigenvalue weighted by Crippen LogP contribution is -2.39. The number of rotatable bonds is 3. The predicted octanol–water partition coefficient (Wildman–Crippen LogP) is -0.0272. The summed E-state index contributed by atoms with van der Waals surface area (Å²) in [6, 6.07) is 0. The zero-order valence-corrected chi connectivity index (χ0v) is 8.00. The summed E-state index contributed by atoms with van der Waals surface area (Å²) in [4.78, 5) is 11.7. The van der Waals surface area contributed by atoms with Crippen molar-refractivity contribution in [3.63, 3.8) is 0 Å². The molecule has 1 aliphatic carbocycles. The second-order valence-electron chi connectivity index (χ2n) is 3.80. The SMILES string of the molecule is Cc1[nH]ncc1C(=O)NC1(CO)CC1. The maximum Gasteiger partial charge on any atom is 0.255 e. The van der Waals surface area contributed by atoms with Gasteiger partial charge in [-0.1, -0.05) is 0 Å². The molecule has 1 fully saturated rings. The highest BCUT2D eigenvalue weighted by molar-refractivity contribution is 5.95. The molecular formula is C9H13N3O2. The van der Waals surface area contributed by atoms with Crippen LogP contribution in [0.3, 0.4) is 0 Å². The Labute approximate surface area is 81.5 Å². The Balaban J connectivity index is 2.07. The molecule has 5 nitrogen and oxygen atoms in total. The molecule has 0 saturated heterocycles. The first-order chi connectivity index (χ1) is 6.67. The monoisotopic (exact) mass is 195 g/mol. The van der Waals surface area contributed by atoms with Crippen LogP contribution in [-0.2, 0) is 0 Å². The standard InChI is InChI=1S/C9H13N3O2/c1-6-7(4-10-12-6)8(14)11-9(5-13)2-3-9/h4,13H,2-3,5H2,1H3,(H,10,12)(H,11,14). The molecule has 0 bridgehead atoms. The highest BCUT2D eigenvalue weighted by atomic mass is 16.3. The van der Waals surface area contributed by atoms with Gasteiger partial charge in [-0.3, -0.25) is 9.89 Å². The number of nitrogens with zero attached hydrogens (tertiary/aromatic N) is 1. The Morgan fingerprint density at radius 1 is 1.79 bits per heavy atom. The van der Waals surface area contributed by atoms with Crippen LogP contribution in [0.5, 0.6) is 0 Å². The molecule has 5 heteroatoms. The van der Waals surface area contributed by atoms with E-state index in [1.807, 2.05) is 0 Å². The van der Waals surface area contributed by atoms with Gasteiger partial charge < -0.3 is 10.4 Å². The van der Waals surface area contributed by atoms with E-state index < -0.39 is 0 Å². The van der Waals surface area contributed by atoms with E-state index >= 15 is 0 Å². The summed E-state index contributed by atoms with van der Waals surface area (Å²) in [5.74, 6) is -0.164. The lowest BCUT2D eigenvalue weighted by Gasteiger charge is -2.13. The number of carbonyl (C=O) groups is 1. The normalized spacial score (nSPS) is 17.9. The first-order valence-electron chi connectivity index (χ1n) is 4.60. The fraction of sp³-hybridized carbons (Fsp3) is 0.556. The van der Waals surface area contributed by atoms with Gasteiger partial charge in [-0.2, -0.15) is 5.10 Å². The van der Waals surface area contributed by atoms with Gasteiger partial charge in [-0.25, -0.2) is 0 Å². The van der Waals surface area contributed by atoms with Crippen molar-refractivity contribution in [2.24, 2.45) is 0 Å². The summed E-state index contributed by atoms with van der Waals surface area (Å²) in [5.41, 5.74) is 0.932. The number of hydrogen-bond acceptors (Lipinski definition) is 3. The van der Waals surface area contributed by atoms with E-state index in [9.17, 15) is 4.79 Å². The van der Waals surface area contributed by atoms with Crippen molar-refractivity contribution in [3.05, 3.63) is 17.5 Å². The zero-order chi connectivity index (χ0) is 10.2. The summed E-state index contributed by atoms with van der Waals surface area (Å²) >= 11 is 0. The van der Waals surface area contributed by atoms with E-state index in [2.05, 4.69) is 15.5 Å². The Bertz CT molecular complexity index is 355. The fourth-order valence-corrected chi connectivity index (χ4v) is 1.36. The van der Waals surface area contributed by atoms with Gasteiger partial charge in [0.1, 0.15) is 0 Å². The Hall–Kier alpha value is -1.36. The van der Waals surface area contributed by atoms with Crippen molar-refractivity contribution in [1.82, 2.24) is 15.5 Å². The average Bonchev–Trinajstić information content (AvgIpc) is 2.80. The summed E-state index contributed by atoms with van der Waals surface area (Å²) in [5, 5.41) is 18.3. The molecule has 0 aliphatic heterocycles. The molecule has 1 heterocycles. The molecule has 76 valence electrons. The topological polar surface area (TPSA) is 78.0 Å². The van der Waals surface area contributed by atoms with Gasteiger partial charge in [-0.15, -0.1) is 0 Å². The molecule has 1 aromatic heterocycles. The van der Waals surface area contributed by atoms with Crippen molar-refractivity contribution in [2.75, 3.05) is 6.61 Å². The van der Waals surface area contributed by atoms with E-state index in [0.29, 0.717) is 5.56 Å². The summed E-state index contributed by atoms with van der Waals surface area (Å²) in [6.07, 6.45) is 3.20. The van der Waals surface area contributed by atoms with Crippen LogP contribution >= 0.6 is 0 Å². The van der Waals surface area contributed by atoms with Gasteiger partial charge >= 0.3 is 0 Å². The molecule has 0 spiro atoms. The van der Waals surface area contributed by atoms with Crippen LogP contribution in [0.15, 0.2) is 6.20 Å². The van der Waals surface area contributed by atoms with Crippen LogP contribution < -0.4 is 5.32 Å². The van der Waals surface area contributed by atoms with Gasteiger partial charge in [0, 0.05) is 5.69 Å². The van der Waals surface area contributed by atoms with Crippen LogP contribution in [-0.4, -0.2) is 33.4 Å². The molecule has 0 unspecified atom stereocenters. The Morgan fingerprint density at radius 3 is 2.93 bits per heavy atom. The fourth-order valence-electron chi connectivity index (χ4n) is 1.36. The third-order valence-corrected chi connectivity index (χ3v) is 2.61. The molecule has 0 aromatic carbocycles. The zero-order valence-electron chi connectivity index (χ0n) is 8.00. The van der Waals surface area contributed by atoms with Crippen molar-refractivity contribution in [1.29, 1.82) is 0 Å². The number of aliphatic hydroxyl groups excluding tert-OH is 1. The number of nitrogens with one attached hydrogen (secondary N) is 2. The molecule has 1 aliphatic rings. The summed E-state index contributed by atoms with van der Waals surface area (Å²) < 4.78 is 0. The van der Waals surface area contributed by atoms with E-state index in [0.717, 1.165) is 18.5 Å². The largest absolute Gasteiger partial charge is 0.394 e. The average molecular weight is 195 g/mol. The second kappa shape index (κ2) is 3.09. The lowest BCUT2D eigenvalue weighted by molar-refractivity contribution is 0.0906.